The molecule has 0 aromatic carbocycles. The zero-order valence-corrected chi connectivity index (χ0v) is 15.6. The first-order chi connectivity index (χ1) is 13.2. The molecule has 0 saturated heterocycles. The third-order valence-corrected chi connectivity index (χ3v) is 4.83. The Kier molecular flexibility index (Phi) is 5.73. The van der Waals surface area contributed by atoms with Crippen molar-refractivity contribution in [1.29, 1.82) is 5.41 Å². The summed E-state index contributed by atoms with van der Waals surface area (Å²) < 4.78 is 37.9. The van der Waals surface area contributed by atoms with Crippen molar-refractivity contribution in [2.24, 2.45) is 10.9 Å². The number of amides is 2. The third-order valence-electron chi connectivity index (χ3n) is 3.99. The molecule has 148 valence electrons. The Hall–Kier alpha value is -2.82. The number of carbonyl (C=O) groups excluding carboxylic acids is 1. The predicted molar refractivity (Wildman–Crippen MR) is 102 cm³/mol. The zero-order valence-electron chi connectivity index (χ0n) is 14.8. The van der Waals surface area contributed by atoms with Gasteiger partial charge >= 0.3 is 12.2 Å². The summed E-state index contributed by atoms with van der Waals surface area (Å²) in [5, 5.41) is 13.1. The van der Waals surface area contributed by atoms with E-state index >= 15 is 0 Å². The van der Waals surface area contributed by atoms with Crippen molar-refractivity contribution in [3.63, 3.8) is 0 Å². The van der Waals surface area contributed by atoms with E-state index < -0.39 is 24.3 Å². The van der Waals surface area contributed by atoms with Gasteiger partial charge in [-0.2, -0.15) is 13.2 Å². The summed E-state index contributed by atoms with van der Waals surface area (Å²) in [6.07, 6.45) is -2.29. The van der Waals surface area contributed by atoms with Gasteiger partial charge in [-0.15, -0.1) is 11.3 Å². The molecule has 2 aromatic rings. The quantitative estimate of drug-likeness (QED) is 0.587. The van der Waals surface area contributed by atoms with E-state index in [-0.39, 0.29) is 11.7 Å². The van der Waals surface area contributed by atoms with Crippen molar-refractivity contribution < 1.29 is 18.0 Å². The summed E-state index contributed by atoms with van der Waals surface area (Å²) >= 11 is 1.30. The second-order valence-corrected chi connectivity index (χ2v) is 7.14. The summed E-state index contributed by atoms with van der Waals surface area (Å²) in [5.74, 6) is 0.205. The van der Waals surface area contributed by atoms with Gasteiger partial charge in [-0.3, -0.25) is 5.32 Å². The third kappa shape index (κ3) is 5.35. The first-order valence-electron chi connectivity index (χ1n) is 8.38. The maximum Gasteiger partial charge on any atom is 0.429 e. The van der Waals surface area contributed by atoms with Crippen LogP contribution in [0.3, 0.4) is 0 Å². The molecule has 0 atom stereocenters. The highest BCUT2D eigenvalue weighted by Crippen LogP contribution is 2.34. The molecular formula is C17H17F3N6OS. The van der Waals surface area contributed by atoms with Crippen LogP contribution in [0.2, 0.25) is 0 Å². The number of halogens is 3. The highest BCUT2D eigenvalue weighted by molar-refractivity contribution is 7.14. The van der Waals surface area contributed by atoms with Crippen LogP contribution < -0.4 is 10.6 Å². The van der Waals surface area contributed by atoms with Crippen LogP contribution in [0.5, 0.6) is 0 Å². The van der Waals surface area contributed by atoms with Gasteiger partial charge in [0.1, 0.15) is 10.7 Å². The molecule has 3 N–H and O–H groups in total. The number of nitrogens with zero attached hydrogens (tertiary/aromatic N) is 3. The molecular weight excluding hydrogens is 393 g/mol. The van der Waals surface area contributed by atoms with Crippen molar-refractivity contribution in [2.75, 3.05) is 10.6 Å². The van der Waals surface area contributed by atoms with Gasteiger partial charge in [0.05, 0.1) is 23.1 Å². The number of aromatic nitrogens is 2. The van der Waals surface area contributed by atoms with Gasteiger partial charge in [0, 0.05) is 12.1 Å². The molecule has 11 heteroatoms. The molecule has 0 bridgehead atoms. The Morgan fingerprint density at radius 3 is 2.61 bits per heavy atom. The van der Waals surface area contributed by atoms with Crippen molar-refractivity contribution in [1.82, 2.24) is 9.97 Å². The molecule has 1 saturated carbocycles. The van der Waals surface area contributed by atoms with Crippen molar-refractivity contribution in [3.8, 4) is 0 Å². The maximum absolute atomic E-state index is 12.6. The number of rotatable bonds is 6. The average molecular weight is 410 g/mol. The van der Waals surface area contributed by atoms with Gasteiger partial charge in [-0.05, 0) is 37.8 Å². The lowest BCUT2D eigenvalue weighted by molar-refractivity contribution is -0.0605. The van der Waals surface area contributed by atoms with E-state index in [0.29, 0.717) is 22.1 Å². The van der Waals surface area contributed by atoms with Crippen LogP contribution in [0.25, 0.3) is 0 Å². The Labute approximate surface area is 162 Å². The fourth-order valence-electron chi connectivity index (χ4n) is 2.33. The van der Waals surface area contributed by atoms with Gasteiger partial charge in [-0.25, -0.2) is 19.8 Å². The number of pyridine rings is 1. The monoisotopic (exact) mass is 410 g/mol. The SMILES string of the molecule is Cc1ncsc1NC(=O)Nc1ccc(N=C(CC(=N)C(F)(F)F)C2CC2)nc1. The van der Waals surface area contributed by atoms with Gasteiger partial charge in [0.25, 0.3) is 0 Å². The Balaban J connectivity index is 1.64. The smallest absolute Gasteiger partial charge is 0.306 e. The maximum atomic E-state index is 12.6. The Morgan fingerprint density at radius 1 is 1.32 bits per heavy atom. The van der Waals surface area contributed by atoms with E-state index in [1.165, 1.54) is 23.6 Å². The largest absolute Gasteiger partial charge is 0.429 e. The first kappa shape index (κ1) is 19.9. The molecule has 0 unspecified atom stereocenters. The minimum Gasteiger partial charge on any atom is -0.306 e. The number of carbonyl (C=O) groups is 1. The number of nitrogens with one attached hydrogen (secondary N) is 3. The number of thiazole rings is 1. The highest BCUT2D eigenvalue weighted by Gasteiger charge is 2.37. The van der Waals surface area contributed by atoms with Crippen LogP contribution in [-0.2, 0) is 0 Å². The lowest BCUT2D eigenvalue weighted by Gasteiger charge is -2.10. The van der Waals surface area contributed by atoms with Crippen LogP contribution in [0.4, 0.5) is 34.5 Å². The second kappa shape index (κ2) is 8.05. The van der Waals surface area contributed by atoms with E-state index in [1.54, 1.807) is 18.5 Å². The fourth-order valence-corrected chi connectivity index (χ4v) is 3.02. The van der Waals surface area contributed by atoms with Crippen molar-refractivity contribution in [3.05, 3.63) is 29.5 Å². The second-order valence-electron chi connectivity index (χ2n) is 6.28. The van der Waals surface area contributed by atoms with Gasteiger partial charge in [0.15, 0.2) is 5.82 Å². The minimum absolute atomic E-state index is 0.0317. The number of aliphatic imine (C=N–C) groups is 1. The fraction of sp³-hybridized carbons (Fsp3) is 0.353. The summed E-state index contributed by atoms with van der Waals surface area (Å²) in [6, 6.07) is 2.61. The van der Waals surface area contributed by atoms with Crippen molar-refractivity contribution in [2.45, 2.75) is 32.4 Å². The van der Waals surface area contributed by atoms with Crippen LogP contribution in [0.1, 0.15) is 25.0 Å². The predicted octanol–water partition coefficient (Wildman–Crippen LogP) is 4.95. The van der Waals surface area contributed by atoms with E-state index in [2.05, 4.69) is 25.6 Å². The van der Waals surface area contributed by atoms with Gasteiger partial charge in [-0.1, -0.05) is 0 Å². The molecule has 0 radical (unpaired) electrons. The number of anilines is 2. The molecule has 2 heterocycles. The van der Waals surface area contributed by atoms with Crippen LogP contribution >= 0.6 is 11.3 Å². The van der Waals surface area contributed by atoms with E-state index in [4.69, 9.17) is 5.41 Å². The molecule has 0 spiro atoms. The molecule has 1 aliphatic carbocycles. The van der Waals surface area contributed by atoms with Gasteiger partial charge < -0.3 is 10.7 Å². The van der Waals surface area contributed by atoms with E-state index in [9.17, 15) is 18.0 Å². The first-order valence-corrected chi connectivity index (χ1v) is 9.26. The summed E-state index contributed by atoms with van der Waals surface area (Å²) in [7, 11) is 0. The standard InChI is InChI=1S/C17H17F3N6OS/c1-9-15(28-8-23-9)26-16(27)24-11-4-5-14(22-7-11)25-12(10-2-3-10)6-13(21)17(18,19)20/h4-5,7-8,10,21H,2-3,6H2,1H3,(H2,24,26,27). The molecule has 2 amide bonds. The molecule has 1 fully saturated rings. The Bertz CT molecular complexity index is 902. The average Bonchev–Trinajstić information content (AvgIpc) is 3.39. The Morgan fingerprint density at radius 2 is 2.07 bits per heavy atom. The van der Waals surface area contributed by atoms with E-state index in [0.717, 1.165) is 12.8 Å². The number of hydrogen-bond acceptors (Lipinski definition) is 6. The number of alkyl halides is 3. The van der Waals surface area contributed by atoms with E-state index in [1.807, 2.05) is 0 Å². The normalized spacial score (nSPS) is 14.6. The lowest BCUT2D eigenvalue weighted by Crippen LogP contribution is -2.25. The number of hydrogen-bond donors (Lipinski definition) is 3. The molecule has 0 aliphatic heterocycles. The molecule has 1 aliphatic rings. The lowest BCUT2D eigenvalue weighted by atomic mass is 10.1. The van der Waals surface area contributed by atoms with Crippen molar-refractivity contribution >= 4 is 45.3 Å². The topological polar surface area (TPSA) is 103 Å². The number of urea groups is 1. The molecule has 2 aromatic heterocycles. The minimum atomic E-state index is -4.65. The summed E-state index contributed by atoms with van der Waals surface area (Å²) in [4.78, 5) is 24.3. The number of aryl methyl sites for hydroxylation is 1. The molecule has 3 rings (SSSR count). The molecule has 7 nitrogen and oxygen atoms in total. The zero-order chi connectivity index (χ0) is 20.3. The van der Waals surface area contributed by atoms with Gasteiger partial charge in [0.2, 0.25) is 0 Å². The highest BCUT2D eigenvalue weighted by atomic mass is 32.1. The van der Waals surface area contributed by atoms with Crippen LogP contribution in [-0.4, -0.2) is 33.6 Å². The van der Waals surface area contributed by atoms with Crippen LogP contribution in [0.15, 0.2) is 28.8 Å². The summed E-state index contributed by atoms with van der Waals surface area (Å²) in [5.41, 5.74) is 1.74. The molecule has 28 heavy (non-hydrogen) atoms. The summed E-state index contributed by atoms with van der Waals surface area (Å²) in [6.45, 7) is 1.77. The van der Waals surface area contributed by atoms with Crippen LogP contribution in [0, 0.1) is 18.3 Å².